The van der Waals surface area contributed by atoms with Gasteiger partial charge in [0.2, 0.25) is 5.91 Å². The van der Waals surface area contributed by atoms with Crippen LogP contribution in [-0.4, -0.2) is 63.1 Å². The predicted octanol–water partition coefficient (Wildman–Crippen LogP) is 2.46. The lowest BCUT2D eigenvalue weighted by Gasteiger charge is -2.26. The molecule has 3 atom stereocenters. The van der Waals surface area contributed by atoms with E-state index in [4.69, 9.17) is 17.4 Å². The molecule has 0 bridgehead atoms. The smallest absolute Gasteiger partial charge is 0.242 e. The van der Waals surface area contributed by atoms with Crippen LogP contribution in [0.5, 0.6) is 0 Å². The molecule has 1 unspecified atom stereocenters. The van der Waals surface area contributed by atoms with Gasteiger partial charge in [0.1, 0.15) is 11.8 Å². The van der Waals surface area contributed by atoms with Gasteiger partial charge in [-0.15, -0.1) is 11.8 Å². The summed E-state index contributed by atoms with van der Waals surface area (Å²) < 4.78 is 0. The first-order valence-electron chi connectivity index (χ1n) is 10.5. The molecule has 0 aromatic heterocycles. The highest BCUT2D eigenvalue weighted by Crippen LogP contribution is 2.30. The maximum atomic E-state index is 13.1. The van der Waals surface area contributed by atoms with Crippen LogP contribution in [-0.2, 0) is 22.4 Å². The van der Waals surface area contributed by atoms with Crippen LogP contribution in [0.15, 0.2) is 29.4 Å². The number of rotatable bonds is 7. The van der Waals surface area contributed by atoms with E-state index in [9.17, 15) is 9.59 Å². The molecule has 2 heterocycles. The third kappa shape index (κ3) is 4.45. The second-order valence-corrected chi connectivity index (χ2v) is 9.87. The minimum absolute atomic E-state index is 0.0677. The molecule has 2 fully saturated rings. The molecule has 0 saturated carbocycles. The molecule has 3 aliphatic rings. The number of thiocarbonyl (C=S) groups is 1. The third-order valence-electron chi connectivity index (χ3n) is 6.40. The van der Waals surface area contributed by atoms with Gasteiger partial charge in [-0.3, -0.25) is 9.59 Å². The Morgan fingerprint density at radius 2 is 2.03 bits per heavy atom. The van der Waals surface area contributed by atoms with E-state index in [1.807, 2.05) is 0 Å². The van der Waals surface area contributed by atoms with Crippen molar-refractivity contribution in [3.05, 3.63) is 35.4 Å². The Kier molecular flexibility index (Phi) is 6.85. The van der Waals surface area contributed by atoms with Gasteiger partial charge in [-0.05, 0) is 42.7 Å². The van der Waals surface area contributed by atoms with Gasteiger partial charge in [0.25, 0.3) is 0 Å². The Morgan fingerprint density at radius 1 is 1.30 bits per heavy atom. The number of carbonyl (C=O) groups is 2. The standard InChI is InChI=1S/C22H27N3O3S2/c26-18(7-3-4-14-8-15-5-1-2-6-16(15)9-14)20-19(29)11-23-21(20)22(27)25-13-30-12-17(25)10-24-28/h1-2,5-6,10,14,17,20-21,23,28H,3-4,7-9,11-13H2/t17-,20?,21+/m1/s1. The number of benzene rings is 1. The minimum Gasteiger partial charge on any atom is -0.411 e. The molecule has 160 valence electrons. The summed E-state index contributed by atoms with van der Waals surface area (Å²) in [5, 5.41) is 15.1. The summed E-state index contributed by atoms with van der Waals surface area (Å²) in [7, 11) is 0. The van der Waals surface area contributed by atoms with Crippen molar-refractivity contribution in [1.82, 2.24) is 10.2 Å². The number of fused-ring (bicyclic) bond motifs is 1. The van der Waals surface area contributed by atoms with Gasteiger partial charge in [-0.1, -0.05) is 41.6 Å². The van der Waals surface area contributed by atoms with Crippen LogP contribution in [0.25, 0.3) is 0 Å². The third-order valence-corrected chi connectivity index (χ3v) is 7.84. The zero-order valence-corrected chi connectivity index (χ0v) is 18.5. The van der Waals surface area contributed by atoms with E-state index in [1.54, 1.807) is 16.7 Å². The first kappa shape index (κ1) is 21.5. The van der Waals surface area contributed by atoms with Crippen LogP contribution in [0.1, 0.15) is 30.4 Å². The Labute approximate surface area is 186 Å². The Balaban J connectivity index is 1.32. The van der Waals surface area contributed by atoms with Crippen LogP contribution in [0.4, 0.5) is 0 Å². The van der Waals surface area contributed by atoms with Gasteiger partial charge in [-0.2, -0.15) is 0 Å². The van der Waals surface area contributed by atoms with Crippen molar-refractivity contribution in [1.29, 1.82) is 0 Å². The van der Waals surface area contributed by atoms with Crippen molar-refractivity contribution < 1.29 is 14.8 Å². The van der Waals surface area contributed by atoms with Gasteiger partial charge in [-0.25, -0.2) is 0 Å². The molecule has 4 rings (SSSR count). The second-order valence-electron chi connectivity index (χ2n) is 8.34. The number of carbonyl (C=O) groups excluding carboxylic acids is 2. The molecular formula is C22H27N3O3S2. The van der Waals surface area contributed by atoms with Crippen molar-refractivity contribution in [3.8, 4) is 0 Å². The quantitative estimate of drug-likeness (QED) is 0.290. The van der Waals surface area contributed by atoms with Crippen LogP contribution >= 0.6 is 24.0 Å². The number of thioether (sulfide) groups is 1. The van der Waals surface area contributed by atoms with E-state index in [1.165, 1.54) is 17.3 Å². The maximum absolute atomic E-state index is 13.1. The second kappa shape index (κ2) is 9.58. The molecule has 6 nitrogen and oxygen atoms in total. The highest BCUT2D eigenvalue weighted by atomic mass is 32.2. The molecule has 1 aromatic carbocycles. The fraction of sp³-hybridized carbons (Fsp3) is 0.545. The van der Waals surface area contributed by atoms with Crippen molar-refractivity contribution in [2.75, 3.05) is 18.2 Å². The van der Waals surface area contributed by atoms with Crippen molar-refractivity contribution in [2.45, 2.75) is 44.2 Å². The fourth-order valence-electron chi connectivity index (χ4n) is 4.86. The number of oxime groups is 1. The van der Waals surface area contributed by atoms with Crippen molar-refractivity contribution in [2.24, 2.45) is 17.0 Å². The predicted molar refractivity (Wildman–Crippen MR) is 122 cm³/mol. The number of hydrogen-bond donors (Lipinski definition) is 2. The van der Waals surface area contributed by atoms with E-state index < -0.39 is 12.0 Å². The van der Waals surface area contributed by atoms with Gasteiger partial charge in [0.05, 0.1) is 24.1 Å². The van der Waals surface area contributed by atoms with Crippen LogP contribution < -0.4 is 5.32 Å². The van der Waals surface area contributed by atoms with Gasteiger partial charge < -0.3 is 15.4 Å². The molecule has 0 radical (unpaired) electrons. The Bertz CT molecular complexity index is 835. The van der Waals surface area contributed by atoms with Crippen molar-refractivity contribution >= 4 is 46.7 Å². The molecule has 2 saturated heterocycles. The van der Waals surface area contributed by atoms with Crippen molar-refractivity contribution in [3.63, 3.8) is 0 Å². The van der Waals surface area contributed by atoms with Gasteiger partial charge >= 0.3 is 0 Å². The van der Waals surface area contributed by atoms with Gasteiger partial charge in [0, 0.05) is 23.6 Å². The fourth-order valence-corrected chi connectivity index (χ4v) is 6.34. The summed E-state index contributed by atoms with van der Waals surface area (Å²) in [6.45, 7) is 0.416. The molecule has 1 aliphatic carbocycles. The molecule has 0 spiro atoms. The lowest BCUT2D eigenvalue weighted by atomic mass is 9.89. The maximum Gasteiger partial charge on any atom is 0.242 e. The minimum atomic E-state index is -0.603. The summed E-state index contributed by atoms with van der Waals surface area (Å²) >= 11 is 7.06. The molecular weight excluding hydrogens is 418 g/mol. The largest absolute Gasteiger partial charge is 0.411 e. The molecule has 2 aliphatic heterocycles. The van der Waals surface area contributed by atoms with E-state index in [2.05, 4.69) is 34.7 Å². The summed E-state index contributed by atoms with van der Waals surface area (Å²) in [6.07, 6.45) is 5.87. The number of Topliss-reactive ketones (excluding diaryl/α,β-unsaturated/α-hetero) is 1. The molecule has 1 amide bonds. The van der Waals surface area contributed by atoms with Gasteiger partial charge in [0.15, 0.2) is 0 Å². The average molecular weight is 446 g/mol. The molecule has 1 aromatic rings. The monoisotopic (exact) mass is 445 g/mol. The molecule has 30 heavy (non-hydrogen) atoms. The van der Waals surface area contributed by atoms with Crippen LogP contribution in [0, 0.1) is 11.8 Å². The number of ketones is 1. The topological polar surface area (TPSA) is 82.0 Å². The first-order valence-corrected chi connectivity index (χ1v) is 12.1. The van der Waals surface area contributed by atoms with Crippen LogP contribution in [0.3, 0.4) is 0 Å². The molecule has 8 heteroatoms. The number of amides is 1. The summed E-state index contributed by atoms with van der Waals surface area (Å²) in [6, 6.07) is 7.73. The van der Waals surface area contributed by atoms with Crippen LogP contribution in [0.2, 0.25) is 0 Å². The first-order chi connectivity index (χ1) is 14.6. The molecule has 2 N–H and O–H groups in total. The number of nitrogens with zero attached hydrogens (tertiary/aromatic N) is 2. The summed E-state index contributed by atoms with van der Waals surface area (Å²) in [5.41, 5.74) is 2.87. The Hall–Kier alpha value is -1.77. The van der Waals surface area contributed by atoms with E-state index in [-0.39, 0.29) is 17.7 Å². The average Bonchev–Trinajstić information content (AvgIpc) is 3.45. The summed E-state index contributed by atoms with van der Waals surface area (Å²) in [4.78, 5) is 28.4. The highest BCUT2D eigenvalue weighted by molar-refractivity contribution is 7.99. The lowest BCUT2D eigenvalue weighted by molar-refractivity contribution is -0.135. The van der Waals surface area contributed by atoms with E-state index in [0.29, 0.717) is 35.4 Å². The van der Waals surface area contributed by atoms with E-state index in [0.717, 1.165) is 25.7 Å². The number of hydrogen-bond acceptors (Lipinski definition) is 7. The van der Waals surface area contributed by atoms with E-state index >= 15 is 0 Å². The SMILES string of the molecule is O=C(CCCC1Cc2ccccc2C1)C1C(=S)CN[C@@H]1C(=O)N1CSC[C@H]1C=NO. The Morgan fingerprint density at radius 3 is 2.73 bits per heavy atom. The number of nitrogens with one attached hydrogen (secondary N) is 1. The lowest BCUT2D eigenvalue weighted by Crippen LogP contribution is -2.50. The zero-order chi connectivity index (χ0) is 21.1. The zero-order valence-electron chi connectivity index (χ0n) is 16.8. The normalized spacial score (nSPS) is 26.6. The summed E-state index contributed by atoms with van der Waals surface area (Å²) in [5.74, 6) is 1.22. The highest BCUT2D eigenvalue weighted by Gasteiger charge is 2.44.